The molecular formula is C17H19FN4. The molecule has 2 aliphatic heterocycles. The van der Waals surface area contributed by atoms with Crippen LogP contribution in [0.15, 0.2) is 30.1 Å². The van der Waals surface area contributed by atoms with Gasteiger partial charge in [0.15, 0.2) is 5.82 Å². The van der Waals surface area contributed by atoms with E-state index >= 15 is 0 Å². The van der Waals surface area contributed by atoms with E-state index in [0.717, 1.165) is 55.8 Å². The fraction of sp³-hybridized carbons (Fsp3) is 0.412. The normalized spacial score (nSPS) is 18.8. The lowest BCUT2D eigenvalue weighted by Crippen LogP contribution is -2.27. The number of aryl methyl sites for hydroxylation is 2. The molecule has 0 radical (unpaired) electrons. The van der Waals surface area contributed by atoms with Crippen molar-refractivity contribution < 1.29 is 4.39 Å². The Kier molecular flexibility index (Phi) is 3.30. The molecule has 0 spiro atoms. The van der Waals surface area contributed by atoms with E-state index in [1.807, 2.05) is 10.7 Å². The van der Waals surface area contributed by atoms with Gasteiger partial charge in [0.1, 0.15) is 12.1 Å². The van der Waals surface area contributed by atoms with E-state index in [4.69, 9.17) is 0 Å². The average Bonchev–Trinajstić information content (AvgIpc) is 2.92. The lowest BCUT2D eigenvalue weighted by atomic mass is 9.90. The van der Waals surface area contributed by atoms with Crippen molar-refractivity contribution >= 4 is 5.57 Å². The van der Waals surface area contributed by atoms with E-state index in [1.54, 1.807) is 18.5 Å². The molecule has 1 aromatic carbocycles. The Labute approximate surface area is 129 Å². The molecule has 114 valence electrons. The first kappa shape index (κ1) is 13.6. The van der Waals surface area contributed by atoms with Crippen LogP contribution in [0.5, 0.6) is 0 Å². The van der Waals surface area contributed by atoms with Crippen LogP contribution >= 0.6 is 0 Å². The van der Waals surface area contributed by atoms with Crippen LogP contribution in [0, 0.1) is 5.82 Å². The first-order valence-electron chi connectivity index (χ1n) is 7.80. The zero-order chi connectivity index (χ0) is 15.1. The van der Waals surface area contributed by atoms with Gasteiger partial charge in [-0.1, -0.05) is 11.6 Å². The Bertz CT molecular complexity index is 737. The molecule has 0 amide bonds. The minimum atomic E-state index is -0.168. The summed E-state index contributed by atoms with van der Waals surface area (Å²) in [6.45, 7) is 2.87. The van der Waals surface area contributed by atoms with Gasteiger partial charge < -0.3 is 4.90 Å². The zero-order valence-corrected chi connectivity index (χ0v) is 12.7. The second-order valence-corrected chi connectivity index (χ2v) is 6.14. The summed E-state index contributed by atoms with van der Waals surface area (Å²) in [6.07, 6.45) is 4.49. The smallest absolute Gasteiger partial charge is 0.158 e. The number of piperidine rings is 1. The Hall–Kier alpha value is -2.01. The van der Waals surface area contributed by atoms with Crippen molar-refractivity contribution in [1.82, 2.24) is 19.7 Å². The largest absolute Gasteiger partial charge is 0.306 e. The van der Waals surface area contributed by atoms with Gasteiger partial charge in [-0.15, -0.1) is 0 Å². The number of benzene rings is 1. The van der Waals surface area contributed by atoms with Gasteiger partial charge in [-0.05, 0) is 49.6 Å². The Morgan fingerprint density at radius 3 is 2.73 bits per heavy atom. The van der Waals surface area contributed by atoms with Crippen LogP contribution < -0.4 is 0 Å². The summed E-state index contributed by atoms with van der Waals surface area (Å²) in [5.74, 6) is 0.767. The maximum absolute atomic E-state index is 13.6. The molecule has 2 aliphatic rings. The van der Waals surface area contributed by atoms with Crippen LogP contribution in [0.2, 0.25) is 0 Å². The first-order valence-corrected chi connectivity index (χ1v) is 7.80. The predicted molar refractivity (Wildman–Crippen MR) is 82.9 cm³/mol. The molecule has 4 rings (SSSR count). The molecule has 0 atom stereocenters. The van der Waals surface area contributed by atoms with Gasteiger partial charge in [-0.2, -0.15) is 5.10 Å². The summed E-state index contributed by atoms with van der Waals surface area (Å²) in [5.41, 5.74) is 4.79. The quantitative estimate of drug-likeness (QED) is 0.749. The number of fused-ring (bicyclic) bond motifs is 2. The number of hydrogen-bond acceptors (Lipinski definition) is 3. The molecule has 22 heavy (non-hydrogen) atoms. The lowest BCUT2D eigenvalue weighted by Gasteiger charge is -2.26. The summed E-state index contributed by atoms with van der Waals surface area (Å²) in [4.78, 5) is 6.84. The molecule has 3 heterocycles. The maximum atomic E-state index is 13.6. The number of halogens is 1. The summed E-state index contributed by atoms with van der Waals surface area (Å²) < 4.78 is 15.6. The van der Waals surface area contributed by atoms with Gasteiger partial charge in [0.2, 0.25) is 0 Å². The second-order valence-electron chi connectivity index (χ2n) is 6.14. The monoisotopic (exact) mass is 298 g/mol. The highest BCUT2D eigenvalue weighted by molar-refractivity contribution is 5.81. The fourth-order valence-corrected chi connectivity index (χ4v) is 3.47. The van der Waals surface area contributed by atoms with Crippen molar-refractivity contribution in [3.63, 3.8) is 0 Å². The van der Waals surface area contributed by atoms with Gasteiger partial charge in [0.05, 0.1) is 0 Å². The standard InChI is InChI=1S/C17H19FN4/c1-21-7-4-12(5-8-21)16-15-3-2-14(18)10-13(15)6-9-22-17(16)19-11-20-22/h2-3,10-11H,4-9H2,1H3. The Balaban J connectivity index is 1.92. The van der Waals surface area contributed by atoms with Crippen molar-refractivity contribution in [2.24, 2.45) is 0 Å². The predicted octanol–water partition coefficient (Wildman–Crippen LogP) is 2.50. The van der Waals surface area contributed by atoms with E-state index in [9.17, 15) is 4.39 Å². The minimum Gasteiger partial charge on any atom is -0.306 e. The van der Waals surface area contributed by atoms with Crippen molar-refractivity contribution in [3.8, 4) is 0 Å². The summed E-state index contributed by atoms with van der Waals surface area (Å²) in [7, 11) is 2.15. The molecule has 0 bridgehead atoms. The van der Waals surface area contributed by atoms with Crippen molar-refractivity contribution in [1.29, 1.82) is 0 Å². The first-order chi connectivity index (χ1) is 10.7. The molecule has 1 saturated heterocycles. The minimum absolute atomic E-state index is 0.168. The average molecular weight is 298 g/mol. The molecular weight excluding hydrogens is 279 g/mol. The molecule has 4 nitrogen and oxygen atoms in total. The Morgan fingerprint density at radius 2 is 1.91 bits per heavy atom. The number of hydrogen-bond donors (Lipinski definition) is 0. The topological polar surface area (TPSA) is 34.0 Å². The van der Waals surface area contributed by atoms with Gasteiger partial charge in [0, 0.05) is 25.2 Å². The fourth-order valence-electron chi connectivity index (χ4n) is 3.47. The molecule has 0 N–H and O–H groups in total. The van der Waals surface area contributed by atoms with Crippen molar-refractivity contribution in [3.05, 3.63) is 52.9 Å². The second kappa shape index (κ2) is 5.32. The van der Waals surface area contributed by atoms with Gasteiger partial charge in [-0.25, -0.2) is 14.1 Å². The van der Waals surface area contributed by atoms with E-state index in [0.29, 0.717) is 0 Å². The van der Waals surface area contributed by atoms with Crippen LogP contribution in [0.1, 0.15) is 29.8 Å². The number of aromatic nitrogens is 3. The van der Waals surface area contributed by atoms with Crippen molar-refractivity contribution in [2.45, 2.75) is 25.8 Å². The maximum Gasteiger partial charge on any atom is 0.158 e. The Morgan fingerprint density at radius 1 is 1.09 bits per heavy atom. The summed E-state index contributed by atoms with van der Waals surface area (Å²) in [5, 5.41) is 4.35. The molecule has 5 heteroatoms. The number of nitrogens with zero attached hydrogens (tertiary/aromatic N) is 4. The van der Waals surface area contributed by atoms with Crippen molar-refractivity contribution in [2.75, 3.05) is 20.1 Å². The van der Waals surface area contributed by atoms with Crippen LogP contribution in [-0.4, -0.2) is 39.8 Å². The van der Waals surface area contributed by atoms with Crippen LogP contribution in [0.25, 0.3) is 5.57 Å². The summed E-state index contributed by atoms with van der Waals surface area (Å²) in [6, 6.07) is 5.13. The third-order valence-electron chi connectivity index (χ3n) is 4.71. The number of rotatable bonds is 0. The number of likely N-dealkylation sites (tertiary alicyclic amines) is 1. The highest BCUT2D eigenvalue weighted by Crippen LogP contribution is 2.35. The molecule has 2 aromatic rings. The third-order valence-corrected chi connectivity index (χ3v) is 4.71. The lowest BCUT2D eigenvalue weighted by molar-refractivity contribution is 0.313. The molecule has 1 fully saturated rings. The zero-order valence-electron chi connectivity index (χ0n) is 12.7. The molecule has 1 aromatic heterocycles. The van der Waals surface area contributed by atoms with E-state index in [1.165, 1.54) is 11.1 Å². The van der Waals surface area contributed by atoms with E-state index in [2.05, 4.69) is 22.0 Å². The van der Waals surface area contributed by atoms with Gasteiger partial charge in [0.25, 0.3) is 0 Å². The molecule has 0 aliphatic carbocycles. The highest BCUT2D eigenvalue weighted by Gasteiger charge is 2.25. The molecule has 0 saturated carbocycles. The van der Waals surface area contributed by atoms with Crippen LogP contribution in [-0.2, 0) is 13.0 Å². The summed E-state index contributed by atoms with van der Waals surface area (Å²) >= 11 is 0. The third kappa shape index (κ3) is 2.25. The van der Waals surface area contributed by atoms with Gasteiger partial charge >= 0.3 is 0 Å². The van der Waals surface area contributed by atoms with E-state index in [-0.39, 0.29) is 5.82 Å². The van der Waals surface area contributed by atoms with E-state index < -0.39 is 0 Å². The molecule has 0 unspecified atom stereocenters. The van der Waals surface area contributed by atoms with Gasteiger partial charge in [-0.3, -0.25) is 0 Å². The highest BCUT2D eigenvalue weighted by atomic mass is 19.1. The van der Waals surface area contributed by atoms with Crippen LogP contribution in [0.4, 0.5) is 4.39 Å². The van der Waals surface area contributed by atoms with Crippen LogP contribution in [0.3, 0.4) is 0 Å². The SMILES string of the molecule is CN1CCC(=C2c3ccc(F)cc3CCn3ncnc32)CC1.